The molecule has 0 fully saturated rings. The summed E-state index contributed by atoms with van der Waals surface area (Å²) in [4.78, 5) is 0. The van der Waals surface area contributed by atoms with Gasteiger partial charge in [0.2, 0.25) is 0 Å². The van der Waals surface area contributed by atoms with E-state index in [1.807, 2.05) is 12.1 Å². The number of hydrogen-bond acceptors (Lipinski definition) is 3. The molecular weight excluding hydrogens is 318 g/mol. The van der Waals surface area contributed by atoms with Crippen molar-refractivity contribution in [2.24, 2.45) is 0 Å². The standard InChI is InChI=1S/C13H19BrClNO2/c1-17-9-11(5-6-15)16-8-10-3-4-13(18-2)12(14)7-10/h3-4,7,11,16H,5-6,8-9H2,1-2H3. The van der Waals surface area contributed by atoms with Crippen molar-refractivity contribution in [2.75, 3.05) is 26.7 Å². The molecule has 0 saturated carbocycles. The van der Waals surface area contributed by atoms with Crippen LogP contribution in [0.1, 0.15) is 12.0 Å². The highest BCUT2D eigenvalue weighted by molar-refractivity contribution is 9.10. The van der Waals surface area contributed by atoms with Crippen LogP contribution in [-0.4, -0.2) is 32.7 Å². The van der Waals surface area contributed by atoms with Crippen LogP contribution in [0.5, 0.6) is 5.75 Å². The summed E-state index contributed by atoms with van der Waals surface area (Å²) in [5.41, 5.74) is 1.19. The van der Waals surface area contributed by atoms with Gasteiger partial charge in [0.1, 0.15) is 5.75 Å². The first-order valence-electron chi connectivity index (χ1n) is 5.82. The van der Waals surface area contributed by atoms with Gasteiger partial charge in [-0.05, 0) is 40.0 Å². The maximum atomic E-state index is 5.76. The summed E-state index contributed by atoms with van der Waals surface area (Å²) in [5, 5.41) is 3.43. The van der Waals surface area contributed by atoms with Gasteiger partial charge in [-0.15, -0.1) is 11.6 Å². The lowest BCUT2D eigenvalue weighted by molar-refractivity contribution is 0.164. The maximum absolute atomic E-state index is 5.76. The third kappa shape index (κ3) is 5.14. The highest BCUT2D eigenvalue weighted by Crippen LogP contribution is 2.25. The van der Waals surface area contributed by atoms with Crippen LogP contribution in [0.4, 0.5) is 0 Å². The Labute approximate surface area is 122 Å². The lowest BCUT2D eigenvalue weighted by Gasteiger charge is -2.17. The average Bonchev–Trinajstić information content (AvgIpc) is 2.36. The fourth-order valence-corrected chi connectivity index (χ4v) is 2.51. The fourth-order valence-electron chi connectivity index (χ4n) is 1.66. The van der Waals surface area contributed by atoms with Gasteiger partial charge < -0.3 is 14.8 Å². The summed E-state index contributed by atoms with van der Waals surface area (Å²) < 4.78 is 11.3. The fraction of sp³-hybridized carbons (Fsp3) is 0.538. The first-order valence-corrected chi connectivity index (χ1v) is 7.14. The molecule has 0 aromatic heterocycles. The maximum Gasteiger partial charge on any atom is 0.133 e. The Morgan fingerprint density at radius 2 is 2.17 bits per heavy atom. The molecule has 3 nitrogen and oxygen atoms in total. The molecule has 0 saturated heterocycles. The van der Waals surface area contributed by atoms with Crippen LogP contribution in [-0.2, 0) is 11.3 Å². The Morgan fingerprint density at radius 1 is 1.39 bits per heavy atom. The van der Waals surface area contributed by atoms with Crippen molar-refractivity contribution in [1.29, 1.82) is 0 Å². The number of hydrogen-bond donors (Lipinski definition) is 1. The number of methoxy groups -OCH3 is 2. The summed E-state index contributed by atoms with van der Waals surface area (Å²) in [6.45, 7) is 1.46. The number of alkyl halides is 1. The molecule has 0 amide bonds. The minimum atomic E-state index is 0.286. The van der Waals surface area contributed by atoms with Crippen LogP contribution < -0.4 is 10.1 Å². The third-order valence-electron chi connectivity index (χ3n) is 2.64. The van der Waals surface area contributed by atoms with Gasteiger partial charge in [-0.3, -0.25) is 0 Å². The van der Waals surface area contributed by atoms with Gasteiger partial charge in [-0.25, -0.2) is 0 Å². The highest BCUT2D eigenvalue weighted by atomic mass is 79.9. The molecule has 1 aromatic carbocycles. The van der Waals surface area contributed by atoms with Gasteiger partial charge in [-0.1, -0.05) is 6.07 Å². The van der Waals surface area contributed by atoms with Gasteiger partial charge in [0.05, 0.1) is 18.2 Å². The largest absolute Gasteiger partial charge is 0.496 e. The zero-order valence-corrected chi connectivity index (χ0v) is 13.1. The van der Waals surface area contributed by atoms with Crippen molar-refractivity contribution >= 4 is 27.5 Å². The number of nitrogens with one attached hydrogen (secondary N) is 1. The molecule has 18 heavy (non-hydrogen) atoms. The number of benzene rings is 1. The normalized spacial score (nSPS) is 12.4. The molecule has 0 heterocycles. The van der Waals surface area contributed by atoms with E-state index in [1.165, 1.54) is 5.56 Å². The summed E-state index contributed by atoms with van der Waals surface area (Å²) in [6, 6.07) is 6.33. The van der Waals surface area contributed by atoms with E-state index in [2.05, 4.69) is 27.3 Å². The Hall–Kier alpha value is -0.290. The van der Waals surface area contributed by atoms with E-state index in [4.69, 9.17) is 21.1 Å². The molecule has 0 aliphatic heterocycles. The second-order valence-electron chi connectivity index (χ2n) is 3.98. The topological polar surface area (TPSA) is 30.5 Å². The van der Waals surface area contributed by atoms with E-state index < -0.39 is 0 Å². The minimum Gasteiger partial charge on any atom is -0.496 e. The minimum absolute atomic E-state index is 0.286. The lowest BCUT2D eigenvalue weighted by Crippen LogP contribution is -2.33. The molecule has 0 spiro atoms. The van der Waals surface area contributed by atoms with Gasteiger partial charge >= 0.3 is 0 Å². The van der Waals surface area contributed by atoms with E-state index in [0.717, 1.165) is 23.2 Å². The molecule has 0 bridgehead atoms. The van der Waals surface area contributed by atoms with Gasteiger partial charge in [0.25, 0.3) is 0 Å². The van der Waals surface area contributed by atoms with E-state index in [1.54, 1.807) is 14.2 Å². The van der Waals surface area contributed by atoms with Crippen molar-refractivity contribution in [2.45, 2.75) is 19.0 Å². The van der Waals surface area contributed by atoms with Crippen molar-refractivity contribution in [1.82, 2.24) is 5.32 Å². The van der Waals surface area contributed by atoms with Crippen LogP contribution in [0.25, 0.3) is 0 Å². The molecule has 1 aromatic rings. The molecular formula is C13H19BrClNO2. The van der Waals surface area contributed by atoms with E-state index in [-0.39, 0.29) is 6.04 Å². The molecule has 0 aliphatic carbocycles. The molecule has 0 aliphatic rings. The molecule has 1 N–H and O–H groups in total. The van der Waals surface area contributed by atoms with E-state index in [9.17, 15) is 0 Å². The SMILES string of the molecule is COCC(CCCl)NCc1ccc(OC)c(Br)c1. The van der Waals surface area contributed by atoms with Crippen molar-refractivity contribution in [3.8, 4) is 5.75 Å². The Bertz CT molecular complexity index is 357. The monoisotopic (exact) mass is 335 g/mol. The molecule has 0 radical (unpaired) electrons. The zero-order chi connectivity index (χ0) is 13.4. The van der Waals surface area contributed by atoms with Gasteiger partial charge in [0, 0.05) is 25.6 Å². The number of halogens is 2. The summed E-state index contributed by atoms with van der Waals surface area (Å²) in [6.07, 6.45) is 0.896. The first kappa shape index (κ1) is 15.8. The number of ether oxygens (including phenoxy) is 2. The highest BCUT2D eigenvalue weighted by Gasteiger charge is 2.08. The lowest BCUT2D eigenvalue weighted by atomic mass is 10.2. The number of rotatable bonds is 8. The second kappa shape index (κ2) is 8.75. The summed E-state index contributed by atoms with van der Waals surface area (Å²) in [5.74, 6) is 1.47. The predicted octanol–water partition coefficient (Wildman–Crippen LogP) is 3.19. The van der Waals surface area contributed by atoms with E-state index >= 15 is 0 Å². The quantitative estimate of drug-likeness (QED) is 0.740. The molecule has 1 unspecified atom stereocenters. The Balaban J connectivity index is 2.53. The van der Waals surface area contributed by atoms with Gasteiger partial charge in [-0.2, -0.15) is 0 Å². The van der Waals surface area contributed by atoms with Crippen molar-refractivity contribution in [3.63, 3.8) is 0 Å². The smallest absolute Gasteiger partial charge is 0.133 e. The molecule has 1 atom stereocenters. The summed E-state index contributed by atoms with van der Waals surface area (Å²) >= 11 is 9.24. The first-order chi connectivity index (χ1) is 8.71. The van der Waals surface area contributed by atoms with E-state index in [0.29, 0.717) is 12.5 Å². The second-order valence-corrected chi connectivity index (χ2v) is 5.21. The summed E-state index contributed by atoms with van der Waals surface area (Å²) in [7, 11) is 3.36. The molecule has 1 rings (SSSR count). The van der Waals surface area contributed by atoms with Crippen LogP contribution in [0.2, 0.25) is 0 Å². The van der Waals surface area contributed by atoms with Crippen LogP contribution in [0.15, 0.2) is 22.7 Å². The van der Waals surface area contributed by atoms with Crippen LogP contribution in [0.3, 0.4) is 0 Å². The Morgan fingerprint density at radius 3 is 2.72 bits per heavy atom. The zero-order valence-electron chi connectivity index (χ0n) is 10.7. The van der Waals surface area contributed by atoms with Crippen molar-refractivity contribution in [3.05, 3.63) is 28.2 Å². The van der Waals surface area contributed by atoms with Gasteiger partial charge in [0.15, 0.2) is 0 Å². The van der Waals surface area contributed by atoms with Crippen LogP contribution in [0, 0.1) is 0 Å². The third-order valence-corrected chi connectivity index (χ3v) is 3.47. The van der Waals surface area contributed by atoms with Crippen molar-refractivity contribution < 1.29 is 9.47 Å². The molecule has 5 heteroatoms. The average molecular weight is 337 g/mol. The van der Waals surface area contributed by atoms with Crippen LogP contribution >= 0.6 is 27.5 Å². The molecule has 102 valence electrons. The Kier molecular flexibility index (Phi) is 7.66. The predicted molar refractivity (Wildman–Crippen MR) is 78.5 cm³/mol.